The lowest BCUT2D eigenvalue weighted by Gasteiger charge is -2.08. The predicted molar refractivity (Wildman–Crippen MR) is 85.7 cm³/mol. The van der Waals surface area contributed by atoms with Crippen LogP contribution < -0.4 is 5.32 Å². The molecule has 0 aliphatic carbocycles. The van der Waals surface area contributed by atoms with Gasteiger partial charge in [-0.15, -0.1) is 12.4 Å². The standard InChI is InChI=1S/C17H21N.ClH/c1-14(2)12-18-13-15-8-10-17(11-9-15)16-6-4-3-5-7-16;/h3-11,14,18H,12-13H2,1-2H3;1H. The van der Waals surface area contributed by atoms with E-state index in [2.05, 4.69) is 67.7 Å². The molecule has 0 radical (unpaired) electrons. The first-order chi connectivity index (χ1) is 8.75. The number of benzene rings is 2. The quantitative estimate of drug-likeness (QED) is 0.846. The molecule has 2 aromatic carbocycles. The van der Waals surface area contributed by atoms with Crippen molar-refractivity contribution in [3.05, 3.63) is 60.2 Å². The van der Waals surface area contributed by atoms with E-state index in [1.165, 1.54) is 16.7 Å². The lowest BCUT2D eigenvalue weighted by atomic mass is 10.0. The summed E-state index contributed by atoms with van der Waals surface area (Å²) in [6, 6.07) is 19.3. The fourth-order valence-electron chi connectivity index (χ4n) is 1.95. The Kier molecular flexibility index (Phi) is 6.61. The molecule has 0 unspecified atom stereocenters. The Morgan fingerprint density at radius 1 is 0.842 bits per heavy atom. The number of hydrogen-bond donors (Lipinski definition) is 1. The molecule has 0 fully saturated rings. The lowest BCUT2D eigenvalue weighted by molar-refractivity contribution is 0.552. The van der Waals surface area contributed by atoms with Gasteiger partial charge in [0.2, 0.25) is 0 Å². The van der Waals surface area contributed by atoms with Gasteiger partial charge in [-0.1, -0.05) is 68.4 Å². The van der Waals surface area contributed by atoms with Crippen molar-refractivity contribution in [1.82, 2.24) is 5.32 Å². The van der Waals surface area contributed by atoms with Crippen molar-refractivity contribution < 1.29 is 0 Å². The first-order valence-electron chi connectivity index (χ1n) is 6.61. The summed E-state index contributed by atoms with van der Waals surface area (Å²) >= 11 is 0. The Balaban J connectivity index is 0.00000180. The van der Waals surface area contributed by atoms with Crippen molar-refractivity contribution in [2.75, 3.05) is 6.54 Å². The van der Waals surface area contributed by atoms with Gasteiger partial charge in [0.05, 0.1) is 0 Å². The third-order valence-corrected chi connectivity index (χ3v) is 2.94. The van der Waals surface area contributed by atoms with Crippen LogP contribution in [0, 0.1) is 5.92 Å². The molecule has 1 N–H and O–H groups in total. The van der Waals surface area contributed by atoms with Gasteiger partial charge in [-0.2, -0.15) is 0 Å². The zero-order valence-electron chi connectivity index (χ0n) is 11.6. The maximum atomic E-state index is 3.46. The minimum atomic E-state index is 0. The van der Waals surface area contributed by atoms with E-state index in [1.54, 1.807) is 0 Å². The maximum absolute atomic E-state index is 3.46. The summed E-state index contributed by atoms with van der Waals surface area (Å²) in [6.07, 6.45) is 0. The third-order valence-electron chi connectivity index (χ3n) is 2.94. The van der Waals surface area contributed by atoms with E-state index >= 15 is 0 Å². The highest BCUT2D eigenvalue weighted by Crippen LogP contribution is 2.19. The van der Waals surface area contributed by atoms with Gasteiger partial charge < -0.3 is 5.32 Å². The first-order valence-corrected chi connectivity index (χ1v) is 6.61. The van der Waals surface area contributed by atoms with Crippen molar-refractivity contribution in [2.45, 2.75) is 20.4 Å². The molecule has 0 amide bonds. The van der Waals surface area contributed by atoms with Crippen LogP contribution in [0.4, 0.5) is 0 Å². The van der Waals surface area contributed by atoms with E-state index in [-0.39, 0.29) is 12.4 Å². The molecule has 0 atom stereocenters. The molecular weight excluding hydrogens is 254 g/mol. The Bertz CT molecular complexity index is 462. The van der Waals surface area contributed by atoms with Crippen molar-refractivity contribution in [3.63, 3.8) is 0 Å². The van der Waals surface area contributed by atoms with E-state index in [0.29, 0.717) is 5.92 Å². The van der Waals surface area contributed by atoms with Crippen LogP contribution >= 0.6 is 12.4 Å². The molecule has 0 aliphatic heterocycles. The molecule has 2 heteroatoms. The van der Waals surface area contributed by atoms with E-state index in [0.717, 1.165) is 13.1 Å². The monoisotopic (exact) mass is 275 g/mol. The highest BCUT2D eigenvalue weighted by Gasteiger charge is 1.98. The van der Waals surface area contributed by atoms with Crippen LogP contribution in [-0.4, -0.2) is 6.54 Å². The minimum absolute atomic E-state index is 0. The second kappa shape index (κ2) is 7.98. The van der Waals surface area contributed by atoms with Gasteiger partial charge >= 0.3 is 0 Å². The predicted octanol–water partition coefficient (Wildman–Crippen LogP) is 4.52. The molecule has 1 nitrogen and oxygen atoms in total. The van der Waals surface area contributed by atoms with Crippen molar-refractivity contribution in [3.8, 4) is 11.1 Å². The molecule has 2 rings (SSSR count). The van der Waals surface area contributed by atoms with Crippen LogP contribution in [-0.2, 0) is 6.54 Å². The average molecular weight is 276 g/mol. The van der Waals surface area contributed by atoms with Gasteiger partial charge in [0, 0.05) is 6.54 Å². The van der Waals surface area contributed by atoms with Crippen molar-refractivity contribution in [2.24, 2.45) is 5.92 Å². The zero-order chi connectivity index (χ0) is 12.8. The second-order valence-electron chi connectivity index (χ2n) is 5.09. The molecule has 0 aliphatic rings. The van der Waals surface area contributed by atoms with E-state index < -0.39 is 0 Å². The summed E-state index contributed by atoms with van der Waals surface area (Å²) in [5, 5.41) is 3.46. The molecule has 0 aromatic heterocycles. The van der Waals surface area contributed by atoms with Crippen LogP contribution in [0.5, 0.6) is 0 Å². The highest BCUT2D eigenvalue weighted by molar-refractivity contribution is 5.85. The molecule has 0 saturated heterocycles. The maximum Gasteiger partial charge on any atom is 0.0205 e. The fourth-order valence-corrected chi connectivity index (χ4v) is 1.95. The van der Waals surface area contributed by atoms with Gasteiger partial charge in [0.15, 0.2) is 0 Å². The van der Waals surface area contributed by atoms with Crippen LogP contribution in [0.2, 0.25) is 0 Å². The van der Waals surface area contributed by atoms with Gasteiger partial charge in [-0.3, -0.25) is 0 Å². The summed E-state index contributed by atoms with van der Waals surface area (Å²) in [4.78, 5) is 0. The summed E-state index contributed by atoms with van der Waals surface area (Å²) in [5.41, 5.74) is 3.90. The molecule has 2 aromatic rings. The first kappa shape index (κ1) is 15.7. The summed E-state index contributed by atoms with van der Waals surface area (Å²) < 4.78 is 0. The van der Waals surface area contributed by atoms with Gasteiger partial charge in [-0.25, -0.2) is 0 Å². The van der Waals surface area contributed by atoms with E-state index in [1.807, 2.05) is 6.07 Å². The highest BCUT2D eigenvalue weighted by atomic mass is 35.5. The Morgan fingerprint density at radius 3 is 2.00 bits per heavy atom. The number of rotatable bonds is 5. The second-order valence-corrected chi connectivity index (χ2v) is 5.09. The Labute approximate surface area is 122 Å². The molecule has 0 bridgehead atoms. The van der Waals surface area contributed by atoms with E-state index in [4.69, 9.17) is 0 Å². The van der Waals surface area contributed by atoms with Crippen LogP contribution in [0.15, 0.2) is 54.6 Å². The van der Waals surface area contributed by atoms with Gasteiger partial charge in [0.1, 0.15) is 0 Å². The third kappa shape index (κ3) is 5.06. The Morgan fingerprint density at radius 2 is 1.42 bits per heavy atom. The zero-order valence-corrected chi connectivity index (χ0v) is 12.4. The van der Waals surface area contributed by atoms with E-state index in [9.17, 15) is 0 Å². The number of hydrogen-bond acceptors (Lipinski definition) is 1. The molecule has 0 saturated carbocycles. The number of nitrogens with one attached hydrogen (secondary N) is 1. The van der Waals surface area contributed by atoms with Gasteiger partial charge in [0.25, 0.3) is 0 Å². The van der Waals surface area contributed by atoms with Gasteiger partial charge in [-0.05, 0) is 29.2 Å². The van der Waals surface area contributed by atoms with Crippen LogP contribution in [0.25, 0.3) is 11.1 Å². The number of halogens is 1. The Hall–Kier alpha value is -1.31. The van der Waals surface area contributed by atoms with Crippen molar-refractivity contribution in [1.29, 1.82) is 0 Å². The largest absolute Gasteiger partial charge is 0.312 e. The summed E-state index contributed by atoms with van der Waals surface area (Å²) in [6.45, 7) is 6.48. The molecule has 19 heavy (non-hydrogen) atoms. The normalized spacial score (nSPS) is 10.3. The lowest BCUT2D eigenvalue weighted by Crippen LogP contribution is -2.18. The summed E-state index contributed by atoms with van der Waals surface area (Å²) in [5.74, 6) is 0.702. The summed E-state index contributed by atoms with van der Waals surface area (Å²) in [7, 11) is 0. The fraction of sp³-hybridized carbons (Fsp3) is 0.294. The topological polar surface area (TPSA) is 12.0 Å². The molecule has 0 heterocycles. The molecule has 0 spiro atoms. The molecule has 102 valence electrons. The average Bonchev–Trinajstić information content (AvgIpc) is 2.40. The van der Waals surface area contributed by atoms with Crippen LogP contribution in [0.1, 0.15) is 19.4 Å². The minimum Gasteiger partial charge on any atom is -0.312 e. The van der Waals surface area contributed by atoms with Crippen LogP contribution in [0.3, 0.4) is 0 Å². The van der Waals surface area contributed by atoms with Crippen molar-refractivity contribution >= 4 is 12.4 Å². The SMILES string of the molecule is CC(C)CNCc1ccc(-c2ccccc2)cc1.Cl. The molecular formula is C17H22ClN. The smallest absolute Gasteiger partial charge is 0.0205 e.